The van der Waals surface area contributed by atoms with Crippen LogP contribution in [-0.4, -0.2) is 9.97 Å². The van der Waals surface area contributed by atoms with E-state index in [-0.39, 0.29) is 0 Å². The van der Waals surface area contributed by atoms with E-state index in [1.807, 2.05) is 39.8 Å². The maximum absolute atomic E-state index is 4.62. The molecular formula is C18H24N2. The summed E-state index contributed by atoms with van der Waals surface area (Å²) in [6.45, 7) is 12.1. The van der Waals surface area contributed by atoms with Crippen molar-refractivity contribution in [2.45, 2.75) is 41.5 Å². The molecule has 0 fully saturated rings. The second-order valence-corrected chi connectivity index (χ2v) is 4.21. The van der Waals surface area contributed by atoms with Crippen molar-refractivity contribution in [3.05, 3.63) is 47.5 Å². The van der Waals surface area contributed by atoms with Gasteiger partial charge < -0.3 is 0 Å². The monoisotopic (exact) mass is 268 g/mol. The summed E-state index contributed by atoms with van der Waals surface area (Å²) in [5.74, 6) is 0. The molecule has 3 rings (SSSR count). The number of rotatable bonds is 0. The minimum Gasteiger partial charge on any atom is -0.244 e. The molecule has 0 aliphatic heterocycles. The third kappa shape index (κ3) is 3.53. The summed E-state index contributed by atoms with van der Waals surface area (Å²) < 4.78 is 0. The van der Waals surface area contributed by atoms with Gasteiger partial charge in [-0.25, -0.2) is 9.97 Å². The van der Waals surface area contributed by atoms with Gasteiger partial charge in [0.2, 0.25) is 0 Å². The molecule has 0 unspecified atom stereocenters. The lowest BCUT2D eigenvalue weighted by atomic mass is 10.2. The van der Waals surface area contributed by atoms with Crippen LogP contribution in [0.4, 0.5) is 0 Å². The molecule has 0 bridgehead atoms. The van der Waals surface area contributed by atoms with Gasteiger partial charge in [0.05, 0.1) is 22.1 Å². The number of nitrogens with zero attached hydrogens (tertiary/aromatic N) is 2. The molecule has 1 heterocycles. The first kappa shape index (κ1) is 16.1. The van der Waals surface area contributed by atoms with Crippen LogP contribution in [0.5, 0.6) is 0 Å². The van der Waals surface area contributed by atoms with Gasteiger partial charge in [0.25, 0.3) is 0 Å². The van der Waals surface area contributed by atoms with E-state index in [1.165, 1.54) is 11.1 Å². The number of hydrogen-bond donors (Lipinski definition) is 0. The Morgan fingerprint density at radius 1 is 0.550 bits per heavy atom. The maximum atomic E-state index is 4.62. The van der Waals surface area contributed by atoms with E-state index in [0.717, 1.165) is 22.1 Å². The van der Waals surface area contributed by atoms with Crippen LogP contribution in [0.15, 0.2) is 36.4 Å². The molecule has 106 valence electrons. The summed E-state index contributed by atoms with van der Waals surface area (Å²) >= 11 is 0. The standard InChI is InChI=1S/C14H12N2.2C2H6/c1-9-3-5-11-13(7-9)15-12-6-4-10(2)8-14(12)16-11;2*1-2/h3-8H,1-2H3;2*1-2H3. The zero-order valence-electron chi connectivity index (χ0n) is 13.4. The van der Waals surface area contributed by atoms with Gasteiger partial charge in [-0.2, -0.15) is 0 Å². The minimum atomic E-state index is 0.962. The predicted molar refractivity (Wildman–Crippen MR) is 89.2 cm³/mol. The SMILES string of the molecule is CC.CC.Cc1ccc2nc3cc(C)ccc3nc2c1. The van der Waals surface area contributed by atoms with Crippen LogP contribution < -0.4 is 0 Å². The topological polar surface area (TPSA) is 25.8 Å². The Morgan fingerprint density at radius 3 is 1.25 bits per heavy atom. The number of aryl methyl sites for hydroxylation is 2. The maximum Gasteiger partial charge on any atom is 0.0897 e. The number of aromatic nitrogens is 2. The lowest BCUT2D eigenvalue weighted by Crippen LogP contribution is -1.88. The molecule has 0 aliphatic rings. The fourth-order valence-electron chi connectivity index (χ4n) is 1.89. The lowest BCUT2D eigenvalue weighted by molar-refractivity contribution is 1.35. The van der Waals surface area contributed by atoms with Crippen LogP contribution >= 0.6 is 0 Å². The number of fused-ring (bicyclic) bond motifs is 2. The average molecular weight is 268 g/mol. The molecule has 2 nitrogen and oxygen atoms in total. The predicted octanol–water partition coefficient (Wildman–Crippen LogP) is 5.45. The summed E-state index contributed by atoms with van der Waals surface area (Å²) in [6.07, 6.45) is 0. The van der Waals surface area contributed by atoms with Crippen molar-refractivity contribution in [3.63, 3.8) is 0 Å². The van der Waals surface area contributed by atoms with Gasteiger partial charge in [-0.3, -0.25) is 0 Å². The molecule has 2 aromatic carbocycles. The normalized spacial score (nSPS) is 9.50. The van der Waals surface area contributed by atoms with Crippen LogP contribution in [-0.2, 0) is 0 Å². The first-order valence-electron chi connectivity index (χ1n) is 7.37. The van der Waals surface area contributed by atoms with Gasteiger partial charge in [0, 0.05) is 0 Å². The van der Waals surface area contributed by atoms with Crippen molar-refractivity contribution in [1.82, 2.24) is 9.97 Å². The Labute approximate surface area is 121 Å². The molecule has 3 aromatic rings. The first-order valence-corrected chi connectivity index (χ1v) is 7.37. The highest BCUT2D eigenvalue weighted by Crippen LogP contribution is 2.17. The Morgan fingerprint density at radius 2 is 0.900 bits per heavy atom. The van der Waals surface area contributed by atoms with Crippen LogP contribution in [0.3, 0.4) is 0 Å². The Bertz CT molecular complexity index is 626. The summed E-state index contributed by atoms with van der Waals surface area (Å²) in [5, 5.41) is 0. The highest BCUT2D eigenvalue weighted by molar-refractivity contribution is 5.86. The van der Waals surface area contributed by atoms with E-state index in [0.29, 0.717) is 0 Å². The smallest absolute Gasteiger partial charge is 0.0897 e. The molecular weight excluding hydrogens is 244 g/mol. The van der Waals surface area contributed by atoms with E-state index < -0.39 is 0 Å². The van der Waals surface area contributed by atoms with E-state index in [9.17, 15) is 0 Å². The molecule has 0 radical (unpaired) electrons. The van der Waals surface area contributed by atoms with Gasteiger partial charge in [-0.05, 0) is 49.2 Å². The van der Waals surface area contributed by atoms with Crippen molar-refractivity contribution in [2.75, 3.05) is 0 Å². The molecule has 0 amide bonds. The summed E-state index contributed by atoms with van der Waals surface area (Å²) in [5.41, 5.74) is 6.29. The van der Waals surface area contributed by atoms with Crippen LogP contribution in [0.25, 0.3) is 22.1 Å². The summed E-state index contributed by atoms with van der Waals surface area (Å²) in [4.78, 5) is 9.23. The Balaban J connectivity index is 0.000000461. The number of hydrogen-bond acceptors (Lipinski definition) is 2. The molecule has 0 N–H and O–H groups in total. The highest BCUT2D eigenvalue weighted by Gasteiger charge is 2.01. The quantitative estimate of drug-likeness (QED) is 0.506. The molecule has 2 heteroatoms. The third-order valence-corrected chi connectivity index (χ3v) is 2.74. The van der Waals surface area contributed by atoms with Crippen molar-refractivity contribution in [2.24, 2.45) is 0 Å². The molecule has 0 atom stereocenters. The van der Waals surface area contributed by atoms with Gasteiger partial charge in [0.1, 0.15) is 0 Å². The largest absolute Gasteiger partial charge is 0.244 e. The molecule has 0 spiro atoms. The fraction of sp³-hybridized carbons (Fsp3) is 0.333. The fourth-order valence-corrected chi connectivity index (χ4v) is 1.89. The molecule has 0 aliphatic carbocycles. The van der Waals surface area contributed by atoms with Crippen molar-refractivity contribution < 1.29 is 0 Å². The van der Waals surface area contributed by atoms with Gasteiger partial charge in [-0.15, -0.1) is 0 Å². The molecule has 0 saturated carbocycles. The van der Waals surface area contributed by atoms with Crippen LogP contribution in [0.2, 0.25) is 0 Å². The zero-order chi connectivity index (χ0) is 15.1. The molecule has 1 aromatic heterocycles. The lowest BCUT2D eigenvalue weighted by Gasteiger charge is -2.02. The van der Waals surface area contributed by atoms with Crippen molar-refractivity contribution in [1.29, 1.82) is 0 Å². The van der Waals surface area contributed by atoms with Crippen molar-refractivity contribution >= 4 is 22.1 Å². The summed E-state index contributed by atoms with van der Waals surface area (Å²) in [7, 11) is 0. The average Bonchev–Trinajstić information content (AvgIpc) is 2.49. The highest BCUT2D eigenvalue weighted by atomic mass is 14.8. The van der Waals surface area contributed by atoms with Crippen LogP contribution in [0.1, 0.15) is 38.8 Å². The Kier molecular flexibility index (Phi) is 6.10. The third-order valence-electron chi connectivity index (χ3n) is 2.74. The van der Waals surface area contributed by atoms with E-state index in [4.69, 9.17) is 0 Å². The van der Waals surface area contributed by atoms with E-state index in [2.05, 4.69) is 48.1 Å². The Hall–Kier alpha value is -1.96. The van der Waals surface area contributed by atoms with Gasteiger partial charge >= 0.3 is 0 Å². The van der Waals surface area contributed by atoms with E-state index in [1.54, 1.807) is 0 Å². The van der Waals surface area contributed by atoms with Crippen molar-refractivity contribution in [3.8, 4) is 0 Å². The molecule has 0 saturated heterocycles. The molecule has 20 heavy (non-hydrogen) atoms. The second kappa shape index (κ2) is 7.59. The van der Waals surface area contributed by atoms with Crippen LogP contribution in [0, 0.1) is 13.8 Å². The van der Waals surface area contributed by atoms with E-state index >= 15 is 0 Å². The van der Waals surface area contributed by atoms with Gasteiger partial charge in [0.15, 0.2) is 0 Å². The minimum absolute atomic E-state index is 0.962. The van der Waals surface area contributed by atoms with Gasteiger partial charge in [-0.1, -0.05) is 39.8 Å². The second-order valence-electron chi connectivity index (χ2n) is 4.21. The zero-order valence-corrected chi connectivity index (χ0v) is 13.4. The summed E-state index contributed by atoms with van der Waals surface area (Å²) in [6, 6.07) is 12.3. The number of benzene rings is 2. The first-order chi connectivity index (χ1) is 9.72.